The molecule has 4 aromatic rings. The Morgan fingerprint density at radius 1 is 1.00 bits per heavy atom. The topological polar surface area (TPSA) is 90.4 Å². The van der Waals surface area contributed by atoms with Crippen LogP contribution in [0.5, 0.6) is 11.6 Å². The number of benzene rings is 3. The summed E-state index contributed by atoms with van der Waals surface area (Å²) in [6.07, 6.45) is 1.31. The first-order chi connectivity index (χ1) is 16.7. The van der Waals surface area contributed by atoms with Gasteiger partial charge in [0.2, 0.25) is 5.88 Å². The van der Waals surface area contributed by atoms with Gasteiger partial charge in [-0.2, -0.15) is 0 Å². The molecule has 0 fully saturated rings. The number of esters is 1. The molecule has 1 amide bonds. The van der Waals surface area contributed by atoms with E-state index in [0.717, 1.165) is 12.3 Å². The Bertz CT molecular complexity index is 1400. The zero-order valence-electron chi connectivity index (χ0n) is 18.9. The van der Waals surface area contributed by atoms with Crippen molar-refractivity contribution in [2.45, 2.75) is 26.4 Å². The van der Waals surface area contributed by atoms with Crippen molar-refractivity contribution in [1.29, 1.82) is 0 Å². The first-order valence-corrected chi connectivity index (χ1v) is 10.6. The molecule has 0 bridgehead atoms. The van der Waals surface area contributed by atoms with Crippen LogP contribution in [-0.2, 0) is 22.1 Å². The third kappa shape index (κ3) is 5.94. The highest BCUT2D eigenvalue weighted by Gasteiger charge is 2.24. The van der Waals surface area contributed by atoms with Crippen molar-refractivity contribution in [3.8, 4) is 11.6 Å². The van der Waals surface area contributed by atoms with Gasteiger partial charge in [0.05, 0.1) is 5.69 Å². The van der Waals surface area contributed by atoms with Crippen LogP contribution in [0.15, 0.2) is 73.1 Å². The van der Waals surface area contributed by atoms with Crippen molar-refractivity contribution >= 4 is 28.3 Å². The minimum atomic E-state index is -3.01. The number of nitrogens with one attached hydrogen (secondary N) is 1. The second-order valence-corrected chi connectivity index (χ2v) is 7.84. The highest BCUT2D eigenvalue weighted by Crippen LogP contribution is 2.30. The van der Waals surface area contributed by atoms with E-state index in [9.17, 15) is 18.4 Å². The van der Waals surface area contributed by atoms with E-state index in [4.69, 9.17) is 9.47 Å². The molecule has 0 aliphatic carbocycles. The third-order valence-corrected chi connectivity index (χ3v) is 5.07. The minimum Gasteiger partial charge on any atom is -0.459 e. The standard InChI is InChI=1S/C26H21F2N3O4/c1-16(32)34-14-20-13-24(30-15-29-20)35-21-9-10-22-17(11-21)5-3-8-23(22)25(33)31-19-7-4-6-18(12-19)26(2,27)28/h3-13,15H,14H2,1-2H3,(H,31,33). The fourth-order valence-corrected chi connectivity index (χ4v) is 3.40. The molecular formula is C26H21F2N3O4. The van der Waals surface area contributed by atoms with Gasteiger partial charge >= 0.3 is 5.97 Å². The first-order valence-electron chi connectivity index (χ1n) is 10.6. The normalized spacial score (nSPS) is 11.2. The van der Waals surface area contributed by atoms with Crippen molar-refractivity contribution in [3.05, 3.63) is 89.9 Å². The molecule has 7 nitrogen and oxygen atoms in total. The summed E-state index contributed by atoms with van der Waals surface area (Å²) in [7, 11) is 0. The maximum absolute atomic E-state index is 13.6. The molecule has 35 heavy (non-hydrogen) atoms. The molecule has 9 heteroatoms. The van der Waals surface area contributed by atoms with Crippen LogP contribution in [-0.4, -0.2) is 21.8 Å². The predicted octanol–water partition coefficient (Wildman–Crippen LogP) is 5.85. The Morgan fingerprint density at radius 2 is 1.80 bits per heavy atom. The molecular weight excluding hydrogens is 456 g/mol. The number of aromatic nitrogens is 2. The van der Waals surface area contributed by atoms with Crippen molar-refractivity contribution in [1.82, 2.24) is 9.97 Å². The predicted molar refractivity (Wildman–Crippen MR) is 125 cm³/mol. The molecule has 0 unspecified atom stereocenters. The number of amides is 1. The van der Waals surface area contributed by atoms with Gasteiger partial charge in [0.1, 0.15) is 18.7 Å². The number of hydrogen-bond acceptors (Lipinski definition) is 6. The number of rotatable bonds is 7. The zero-order valence-corrected chi connectivity index (χ0v) is 18.9. The van der Waals surface area contributed by atoms with E-state index < -0.39 is 17.8 Å². The van der Waals surface area contributed by atoms with E-state index >= 15 is 0 Å². The highest BCUT2D eigenvalue weighted by molar-refractivity contribution is 6.13. The Morgan fingerprint density at radius 3 is 2.57 bits per heavy atom. The third-order valence-electron chi connectivity index (χ3n) is 5.07. The van der Waals surface area contributed by atoms with Gasteiger partial charge in [-0.15, -0.1) is 0 Å². The molecule has 0 aliphatic heterocycles. The zero-order chi connectivity index (χ0) is 25.0. The van der Waals surface area contributed by atoms with Crippen LogP contribution in [0.2, 0.25) is 0 Å². The number of alkyl halides is 2. The molecule has 0 atom stereocenters. The molecule has 1 heterocycles. The van der Waals surface area contributed by atoms with Crippen LogP contribution in [0.3, 0.4) is 0 Å². The first kappa shape index (κ1) is 23.7. The minimum absolute atomic E-state index is 0.00319. The van der Waals surface area contributed by atoms with Crippen LogP contribution in [0.4, 0.5) is 14.5 Å². The van der Waals surface area contributed by atoms with E-state index in [-0.39, 0.29) is 23.7 Å². The lowest BCUT2D eigenvalue weighted by Gasteiger charge is -2.13. The summed E-state index contributed by atoms with van der Waals surface area (Å²) in [5.74, 6) is -3.11. The van der Waals surface area contributed by atoms with E-state index in [1.165, 1.54) is 31.5 Å². The fourth-order valence-electron chi connectivity index (χ4n) is 3.40. The smallest absolute Gasteiger partial charge is 0.303 e. The maximum atomic E-state index is 13.6. The van der Waals surface area contributed by atoms with Gasteiger partial charge in [-0.1, -0.05) is 24.3 Å². The molecule has 3 aromatic carbocycles. The van der Waals surface area contributed by atoms with E-state index in [0.29, 0.717) is 22.4 Å². The van der Waals surface area contributed by atoms with Crippen molar-refractivity contribution in [3.63, 3.8) is 0 Å². The van der Waals surface area contributed by atoms with Crippen LogP contribution in [0.25, 0.3) is 10.8 Å². The summed E-state index contributed by atoms with van der Waals surface area (Å²) >= 11 is 0. The number of ether oxygens (including phenoxy) is 2. The van der Waals surface area contributed by atoms with Crippen molar-refractivity contribution in [2.75, 3.05) is 5.32 Å². The number of anilines is 1. The number of halogens is 2. The lowest BCUT2D eigenvalue weighted by Crippen LogP contribution is -2.14. The molecule has 1 aromatic heterocycles. The Labute approximate surface area is 199 Å². The molecule has 0 spiro atoms. The molecule has 0 saturated heterocycles. The van der Waals surface area contributed by atoms with Gasteiger partial charge in [0.15, 0.2) is 0 Å². The van der Waals surface area contributed by atoms with Crippen LogP contribution in [0.1, 0.15) is 35.5 Å². The summed E-state index contributed by atoms with van der Waals surface area (Å²) in [5, 5.41) is 4.08. The lowest BCUT2D eigenvalue weighted by atomic mass is 10.0. The van der Waals surface area contributed by atoms with Crippen molar-refractivity contribution in [2.24, 2.45) is 0 Å². The van der Waals surface area contributed by atoms with E-state index in [2.05, 4.69) is 15.3 Å². The number of hydrogen-bond donors (Lipinski definition) is 1. The van der Waals surface area contributed by atoms with Crippen LogP contribution in [0, 0.1) is 0 Å². The summed E-state index contributed by atoms with van der Waals surface area (Å²) in [6.45, 7) is 2.12. The second-order valence-electron chi connectivity index (χ2n) is 7.84. The average Bonchev–Trinajstić information content (AvgIpc) is 2.82. The number of fused-ring (bicyclic) bond motifs is 1. The summed E-state index contributed by atoms with van der Waals surface area (Å²) in [6, 6.07) is 17.5. The van der Waals surface area contributed by atoms with Gasteiger partial charge in [-0.05, 0) is 47.2 Å². The Balaban J connectivity index is 1.54. The van der Waals surface area contributed by atoms with Crippen LogP contribution >= 0.6 is 0 Å². The van der Waals surface area contributed by atoms with Gasteiger partial charge in [0, 0.05) is 36.7 Å². The maximum Gasteiger partial charge on any atom is 0.303 e. The molecule has 4 rings (SSSR count). The molecule has 0 aliphatic rings. The number of carbonyl (C=O) groups excluding carboxylic acids is 2. The summed E-state index contributed by atoms with van der Waals surface area (Å²) in [5.41, 5.74) is 0.957. The van der Waals surface area contributed by atoms with Crippen LogP contribution < -0.4 is 10.1 Å². The number of nitrogens with zero attached hydrogens (tertiary/aromatic N) is 2. The average molecular weight is 477 g/mol. The molecule has 0 radical (unpaired) electrons. The Kier molecular flexibility index (Phi) is 6.68. The van der Waals surface area contributed by atoms with E-state index in [1.807, 2.05) is 6.07 Å². The quantitative estimate of drug-likeness (QED) is 0.336. The monoisotopic (exact) mass is 477 g/mol. The largest absolute Gasteiger partial charge is 0.459 e. The molecule has 0 saturated carbocycles. The van der Waals surface area contributed by atoms with Gasteiger partial charge in [-0.25, -0.2) is 18.7 Å². The molecule has 1 N–H and O–H groups in total. The highest BCUT2D eigenvalue weighted by atomic mass is 19.3. The van der Waals surface area contributed by atoms with Gasteiger partial charge in [-0.3, -0.25) is 9.59 Å². The summed E-state index contributed by atoms with van der Waals surface area (Å²) in [4.78, 5) is 32.0. The lowest BCUT2D eigenvalue weighted by molar-refractivity contribution is -0.142. The Hall–Kier alpha value is -4.40. The fraction of sp³-hybridized carbons (Fsp3) is 0.154. The summed E-state index contributed by atoms with van der Waals surface area (Å²) < 4.78 is 38.0. The van der Waals surface area contributed by atoms with Crippen molar-refractivity contribution < 1.29 is 27.8 Å². The van der Waals surface area contributed by atoms with E-state index in [1.54, 1.807) is 42.5 Å². The number of carbonyl (C=O) groups is 2. The SMILES string of the molecule is CC(=O)OCc1cc(Oc2ccc3c(C(=O)Nc4cccc(C(C)(F)F)c4)cccc3c2)ncn1. The van der Waals surface area contributed by atoms with Gasteiger partial charge < -0.3 is 14.8 Å². The molecule has 178 valence electrons. The second kappa shape index (κ2) is 9.84. The van der Waals surface area contributed by atoms with Gasteiger partial charge in [0.25, 0.3) is 11.8 Å².